The summed E-state index contributed by atoms with van der Waals surface area (Å²) in [4.78, 5) is 4.01. The number of benzene rings is 1. The lowest BCUT2D eigenvalue weighted by Gasteiger charge is -2.06. The lowest BCUT2D eigenvalue weighted by atomic mass is 10.2. The van der Waals surface area contributed by atoms with E-state index in [4.69, 9.17) is 15.9 Å². The van der Waals surface area contributed by atoms with E-state index in [0.717, 1.165) is 0 Å². The standard InChI is InChI=1S/C13H12FN3O/c1-8-6-10(3-4-11(8)14)18-12-5-2-9(7-17-12)13(15)16/h2-7H,1H3,(H3,15,16). The fourth-order valence-electron chi connectivity index (χ4n) is 1.40. The summed E-state index contributed by atoms with van der Waals surface area (Å²) in [7, 11) is 0. The van der Waals surface area contributed by atoms with Crippen molar-refractivity contribution in [1.29, 1.82) is 5.41 Å². The molecule has 0 spiro atoms. The molecule has 18 heavy (non-hydrogen) atoms. The van der Waals surface area contributed by atoms with Gasteiger partial charge in [-0.15, -0.1) is 0 Å². The van der Waals surface area contributed by atoms with Gasteiger partial charge in [0.2, 0.25) is 5.88 Å². The van der Waals surface area contributed by atoms with Gasteiger partial charge in [0.15, 0.2) is 0 Å². The van der Waals surface area contributed by atoms with Crippen molar-refractivity contribution in [2.45, 2.75) is 6.92 Å². The molecule has 0 amide bonds. The van der Waals surface area contributed by atoms with E-state index in [-0.39, 0.29) is 11.7 Å². The third-order valence-electron chi connectivity index (χ3n) is 2.40. The van der Waals surface area contributed by atoms with Gasteiger partial charge in [0.25, 0.3) is 0 Å². The zero-order chi connectivity index (χ0) is 13.1. The fourth-order valence-corrected chi connectivity index (χ4v) is 1.40. The maximum atomic E-state index is 13.1. The molecule has 0 saturated carbocycles. The Bertz CT molecular complexity index is 581. The number of amidine groups is 1. The molecule has 4 nitrogen and oxygen atoms in total. The molecule has 0 aliphatic rings. The van der Waals surface area contributed by atoms with Crippen LogP contribution in [0.4, 0.5) is 4.39 Å². The van der Waals surface area contributed by atoms with Gasteiger partial charge in [-0.1, -0.05) is 0 Å². The highest BCUT2D eigenvalue weighted by Gasteiger charge is 2.03. The zero-order valence-corrected chi connectivity index (χ0v) is 9.77. The molecule has 0 bridgehead atoms. The van der Waals surface area contributed by atoms with Crippen LogP contribution in [-0.4, -0.2) is 10.8 Å². The molecule has 2 rings (SSSR count). The molecule has 0 aliphatic carbocycles. The van der Waals surface area contributed by atoms with Gasteiger partial charge in [-0.3, -0.25) is 5.41 Å². The molecule has 1 aromatic carbocycles. The minimum atomic E-state index is -0.276. The second-order valence-electron chi connectivity index (χ2n) is 3.81. The lowest BCUT2D eigenvalue weighted by molar-refractivity contribution is 0.460. The van der Waals surface area contributed by atoms with Crippen molar-refractivity contribution in [3.8, 4) is 11.6 Å². The number of rotatable bonds is 3. The van der Waals surface area contributed by atoms with Gasteiger partial charge in [0.05, 0.1) is 0 Å². The first-order valence-corrected chi connectivity index (χ1v) is 5.31. The Kier molecular flexibility index (Phi) is 3.23. The summed E-state index contributed by atoms with van der Waals surface area (Å²) >= 11 is 0. The van der Waals surface area contributed by atoms with E-state index in [1.54, 1.807) is 25.1 Å². The first kappa shape index (κ1) is 12.0. The molecule has 3 N–H and O–H groups in total. The molecule has 1 heterocycles. The SMILES string of the molecule is Cc1cc(Oc2ccc(C(=N)N)cn2)ccc1F. The Labute approximate surface area is 104 Å². The molecule has 0 saturated heterocycles. The van der Waals surface area contributed by atoms with Crippen LogP contribution in [0.2, 0.25) is 0 Å². The molecule has 0 unspecified atom stereocenters. The maximum absolute atomic E-state index is 13.1. The van der Waals surface area contributed by atoms with Gasteiger partial charge in [-0.2, -0.15) is 0 Å². The van der Waals surface area contributed by atoms with Crippen molar-refractivity contribution < 1.29 is 9.13 Å². The molecule has 0 aliphatic heterocycles. The Balaban J connectivity index is 2.18. The molecule has 0 fully saturated rings. The number of nitrogens with one attached hydrogen (secondary N) is 1. The van der Waals surface area contributed by atoms with Crippen molar-refractivity contribution in [2.75, 3.05) is 0 Å². The van der Waals surface area contributed by atoms with E-state index in [9.17, 15) is 4.39 Å². The Morgan fingerprint density at radius 1 is 1.33 bits per heavy atom. The highest BCUT2D eigenvalue weighted by atomic mass is 19.1. The average Bonchev–Trinajstić information content (AvgIpc) is 2.34. The number of aryl methyl sites for hydroxylation is 1. The van der Waals surface area contributed by atoms with Crippen LogP contribution < -0.4 is 10.5 Å². The smallest absolute Gasteiger partial charge is 0.219 e. The second-order valence-corrected chi connectivity index (χ2v) is 3.81. The van der Waals surface area contributed by atoms with Crippen LogP contribution in [0.3, 0.4) is 0 Å². The number of pyridine rings is 1. The second kappa shape index (κ2) is 4.83. The minimum Gasteiger partial charge on any atom is -0.439 e. The van der Waals surface area contributed by atoms with Crippen LogP contribution in [0.15, 0.2) is 36.5 Å². The first-order chi connectivity index (χ1) is 8.56. The monoisotopic (exact) mass is 245 g/mol. The van der Waals surface area contributed by atoms with Crippen LogP contribution in [0.1, 0.15) is 11.1 Å². The number of aromatic nitrogens is 1. The van der Waals surface area contributed by atoms with Crippen molar-refractivity contribution in [2.24, 2.45) is 5.73 Å². The van der Waals surface area contributed by atoms with Crippen molar-refractivity contribution >= 4 is 5.84 Å². The van der Waals surface area contributed by atoms with Crippen LogP contribution in [0.5, 0.6) is 11.6 Å². The van der Waals surface area contributed by atoms with E-state index < -0.39 is 0 Å². The van der Waals surface area contributed by atoms with Gasteiger partial charge in [-0.25, -0.2) is 9.37 Å². The van der Waals surface area contributed by atoms with Gasteiger partial charge in [0, 0.05) is 17.8 Å². The number of hydrogen-bond donors (Lipinski definition) is 2. The van der Waals surface area contributed by atoms with E-state index in [1.165, 1.54) is 18.3 Å². The molecular formula is C13H12FN3O. The topological polar surface area (TPSA) is 72.0 Å². The molecule has 1 aromatic heterocycles. The normalized spacial score (nSPS) is 10.1. The van der Waals surface area contributed by atoms with E-state index >= 15 is 0 Å². The van der Waals surface area contributed by atoms with E-state index in [0.29, 0.717) is 22.8 Å². The number of halogens is 1. The number of nitrogen functional groups attached to an aromatic ring is 1. The van der Waals surface area contributed by atoms with Crippen LogP contribution in [-0.2, 0) is 0 Å². The summed E-state index contributed by atoms with van der Waals surface area (Å²) in [6.45, 7) is 1.66. The van der Waals surface area contributed by atoms with Crippen LogP contribution in [0.25, 0.3) is 0 Å². The van der Waals surface area contributed by atoms with Crippen LogP contribution >= 0.6 is 0 Å². The number of nitrogens with zero attached hydrogens (tertiary/aromatic N) is 1. The van der Waals surface area contributed by atoms with Crippen LogP contribution in [0, 0.1) is 18.2 Å². The highest BCUT2D eigenvalue weighted by Crippen LogP contribution is 2.21. The molecule has 5 heteroatoms. The van der Waals surface area contributed by atoms with E-state index in [1.807, 2.05) is 0 Å². The summed E-state index contributed by atoms with van der Waals surface area (Å²) in [6, 6.07) is 7.71. The van der Waals surface area contributed by atoms with Crippen molar-refractivity contribution in [1.82, 2.24) is 4.98 Å². The number of nitrogens with two attached hydrogens (primary N) is 1. The summed E-state index contributed by atoms with van der Waals surface area (Å²) in [6.07, 6.45) is 1.45. The molecule has 2 aromatic rings. The number of ether oxygens (including phenoxy) is 1. The fraction of sp³-hybridized carbons (Fsp3) is 0.0769. The van der Waals surface area contributed by atoms with Gasteiger partial charge >= 0.3 is 0 Å². The number of hydrogen-bond acceptors (Lipinski definition) is 3. The van der Waals surface area contributed by atoms with Gasteiger partial charge < -0.3 is 10.5 Å². The van der Waals surface area contributed by atoms with E-state index in [2.05, 4.69) is 4.98 Å². The maximum Gasteiger partial charge on any atom is 0.219 e. The minimum absolute atomic E-state index is 0.0494. The summed E-state index contributed by atoms with van der Waals surface area (Å²) in [5, 5.41) is 7.23. The first-order valence-electron chi connectivity index (χ1n) is 5.31. The predicted molar refractivity (Wildman–Crippen MR) is 66.5 cm³/mol. The van der Waals surface area contributed by atoms with Gasteiger partial charge in [-0.05, 0) is 36.8 Å². The molecular weight excluding hydrogens is 233 g/mol. The lowest BCUT2D eigenvalue weighted by Crippen LogP contribution is -2.11. The van der Waals surface area contributed by atoms with Gasteiger partial charge in [0.1, 0.15) is 17.4 Å². The third-order valence-corrected chi connectivity index (χ3v) is 2.40. The molecule has 0 atom stereocenters. The Morgan fingerprint density at radius 2 is 2.11 bits per heavy atom. The largest absolute Gasteiger partial charge is 0.439 e. The quantitative estimate of drug-likeness (QED) is 0.645. The Hall–Kier alpha value is -2.43. The van der Waals surface area contributed by atoms with Crippen molar-refractivity contribution in [3.05, 3.63) is 53.5 Å². The predicted octanol–water partition coefficient (Wildman–Crippen LogP) is 2.61. The molecule has 92 valence electrons. The van der Waals surface area contributed by atoms with Crippen molar-refractivity contribution in [3.63, 3.8) is 0 Å². The summed E-state index contributed by atoms with van der Waals surface area (Å²) in [5.74, 6) is 0.553. The molecule has 0 radical (unpaired) electrons. The average molecular weight is 245 g/mol. The third kappa shape index (κ3) is 2.63. The highest BCUT2D eigenvalue weighted by molar-refractivity contribution is 5.94. The summed E-state index contributed by atoms with van der Waals surface area (Å²) < 4.78 is 18.5. The summed E-state index contributed by atoms with van der Waals surface area (Å²) in [5.41, 5.74) is 6.35. The Morgan fingerprint density at radius 3 is 2.67 bits per heavy atom. The zero-order valence-electron chi connectivity index (χ0n) is 9.77.